The second kappa shape index (κ2) is 9.09. The van der Waals surface area contributed by atoms with Crippen LogP contribution < -0.4 is 20.1 Å². The highest BCUT2D eigenvalue weighted by Crippen LogP contribution is 2.31. The molecule has 0 aliphatic carbocycles. The minimum Gasteiger partial charge on any atom is -0.493 e. The molecule has 140 valence electrons. The maximum absolute atomic E-state index is 12.5. The predicted molar refractivity (Wildman–Crippen MR) is 100 cm³/mol. The van der Waals surface area contributed by atoms with E-state index < -0.39 is 0 Å². The predicted octanol–water partition coefficient (Wildman–Crippen LogP) is 3.30. The van der Waals surface area contributed by atoms with Crippen molar-refractivity contribution in [2.45, 2.75) is 52.6 Å². The molecule has 1 unspecified atom stereocenters. The monoisotopic (exact) mass is 348 g/mol. The average molecular weight is 348 g/mol. The topological polar surface area (TPSA) is 59.6 Å². The summed E-state index contributed by atoms with van der Waals surface area (Å²) in [5.41, 5.74) is 1.02. The third-order valence-electron chi connectivity index (χ3n) is 4.61. The molecule has 1 aliphatic heterocycles. The van der Waals surface area contributed by atoms with Crippen molar-refractivity contribution in [3.63, 3.8) is 0 Å². The number of piperidine rings is 1. The van der Waals surface area contributed by atoms with Gasteiger partial charge < -0.3 is 20.1 Å². The minimum atomic E-state index is -0.0641. The van der Waals surface area contributed by atoms with Gasteiger partial charge in [-0.05, 0) is 56.8 Å². The lowest BCUT2D eigenvalue weighted by molar-refractivity contribution is -0.126. The molecule has 0 aromatic heterocycles. The summed E-state index contributed by atoms with van der Waals surface area (Å²) in [6.45, 7) is 9.91. The number of ether oxygens (including phenoxy) is 2. The minimum absolute atomic E-state index is 0.0641. The first-order valence-corrected chi connectivity index (χ1v) is 9.25. The molecule has 0 bridgehead atoms. The first kappa shape index (κ1) is 19.6. The molecule has 1 aromatic rings. The van der Waals surface area contributed by atoms with Crippen LogP contribution in [0.4, 0.5) is 0 Å². The summed E-state index contributed by atoms with van der Waals surface area (Å²) >= 11 is 0. The fourth-order valence-corrected chi connectivity index (χ4v) is 3.11. The maximum Gasteiger partial charge on any atom is 0.223 e. The Morgan fingerprint density at radius 1 is 1.32 bits per heavy atom. The van der Waals surface area contributed by atoms with Crippen molar-refractivity contribution in [3.05, 3.63) is 23.8 Å². The largest absolute Gasteiger partial charge is 0.493 e. The average Bonchev–Trinajstić information content (AvgIpc) is 2.59. The highest BCUT2D eigenvalue weighted by Gasteiger charge is 2.25. The molecule has 25 heavy (non-hydrogen) atoms. The molecule has 1 fully saturated rings. The Labute approximate surface area is 151 Å². The molecule has 0 radical (unpaired) electrons. The zero-order chi connectivity index (χ0) is 18.4. The molecule has 1 aliphatic rings. The van der Waals surface area contributed by atoms with Crippen LogP contribution in [0.1, 0.15) is 52.1 Å². The van der Waals surface area contributed by atoms with E-state index in [4.69, 9.17) is 9.47 Å². The Bertz CT molecular complexity index is 574. The number of benzene rings is 1. The summed E-state index contributed by atoms with van der Waals surface area (Å²) in [5, 5.41) is 6.53. The Balaban J connectivity index is 2.00. The lowest BCUT2D eigenvalue weighted by atomic mass is 9.92. The van der Waals surface area contributed by atoms with Gasteiger partial charge in [-0.15, -0.1) is 0 Å². The summed E-state index contributed by atoms with van der Waals surface area (Å²) in [6.07, 6.45) is 1.79. The standard InChI is InChI=1S/C20H32N2O3/c1-13(2)12-25-18-7-6-16(11-19(18)24-5)15(4)22-20(23)17-8-9-21-14(3)10-17/h6-7,11,13-15,17,21H,8-10,12H2,1-5H3,(H,22,23)/t14-,15?,17-/m0/s1. The SMILES string of the molecule is COc1cc(C(C)NC(=O)[C@H]2CCN[C@@H](C)C2)ccc1OCC(C)C. The van der Waals surface area contributed by atoms with Crippen LogP contribution >= 0.6 is 0 Å². The van der Waals surface area contributed by atoms with Gasteiger partial charge in [0.05, 0.1) is 19.8 Å². The van der Waals surface area contributed by atoms with Crippen LogP contribution in [0.3, 0.4) is 0 Å². The number of carbonyl (C=O) groups is 1. The fraction of sp³-hybridized carbons (Fsp3) is 0.650. The van der Waals surface area contributed by atoms with E-state index in [2.05, 4.69) is 31.4 Å². The van der Waals surface area contributed by atoms with Crippen molar-refractivity contribution in [2.75, 3.05) is 20.3 Å². The molecule has 2 N–H and O–H groups in total. The summed E-state index contributed by atoms with van der Waals surface area (Å²) in [7, 11) is 1.64. The third kappa shape index (κ3) is 5.63. The summed E-state index contributed by atoms with van der Waals surface area (Å²) in [5.74, 6) is 2.13. The molecule has 1 saturated heterocycles. The first-order chi connectivity index (χ1) is 11.9. The summed E-state index contributed by atoms with van der Waals surface area (Å²) in [6, 6.07) is 6.20. The molecule has 5 heteroatoms. The van der Waals surface area contributed by atoms with Gasteiger partial charge in [-0.1, -0.05) is 19.9 Å². The Kier molecular flexibility index (Phi) is 7.12. The quantitative estimate of drug-likeness (QED) is 0.794. The molecule has 1 heterocycles. The molecular formula is C20H32N2O3. The third-order valence-corrected chi connectivity index (χ3v) is 4.61. The van der Waals surface area contributed by atoms with Crippen LogP contribution in [0, 0.1) is 11.8 Å². The fourth-order valence-electron chi connectivity index (χ4n) is 3.11. The Hall–Kier alpha value is -1.75. The number of rotatable bonds is 7. The second-order valence-corrected chi connectivity index (χ2v) is 7.42. The van der Waals surface area contributed by atoms with Gasteiger partial charge in [0.2, 0.25) is 5.91 Å². The second-order valence-electron chi connectivity index (χ2n) is 7.42. The van der Waals surface area contributed by atoms with Gasteiger partial charge in [0.15, 0.2) is 11.5 Å². The van der Waals surface area contributed by atoms with Gasteiger partial charge >= 0.3 is 0 Å². The van der Waals surface area contributed by atoms with Gasteiger partial charge in [-0.25, -0.2) is 0 Å². The van der Waals surface area contributed by atoms with Crippen molar-refractivity contribution < 1.29 is 14.3 Å². The number of carbonyl (C=O) groups excluding carboxylic acids is 1. The molecule has 2 rings (SSSR count). The first-order valence-electron chi connectivity index (χ1n) is 9.25. The van der Waals surface area contributed by atoms with Crippen molar-refractivity contribution in [2.24, 2.45) is 11.8 Å². The lowest BCUT2D eigenvalue weighted by Crippen LogP contribution is -2.42. The number of hydrogen-bond donors (Lipinski definition) is 2. The van der Waals surface area contributed by atoms with Gasteiger partial charge in [0, 0.05) is 12.0 Å². The molecule has 0 saturated carbocycles. The highest BCUT2D eigenvalue weighted by molar-refractivity contribution is 5.79. The summed E-state index contributed by atoms with van der Waals surface area (Å²) in [4.78, 5) is 12.5. The normalized spacial score (nSPS) is 21.7. The highest BCUT2D eigenvalue weighted by atomic mass is 16.5. The Morgan fingerprint density at radius 2 is 2.08 bits per heavy atom. The number of methoxy groups -OCH3 is 1. The van der Waals surface area contributed by atoms with Crippen LogP contribution in [0.25, 0.3) is 0 Å². The van der Waals surface area contributed by atoms with E-state index in [9.17, 15) is 4.79 Å². The smallest absolute Gasteiger partial charge is 0.223 e. The van der Waals surface area contributed by atoms with E-state index in [-0.39, 0.29) is 17.9 Å². The van der Waals surface area contributed by atoms with Crippen LogP contribution in [0.5, 0.6) is 11.5 Å². The van der Waals surface area contributed by atoms with Crippen molar-refractivity contribution in [1.29, 1.82) is 0 Å². The number of amides is 1. The molecule has 3 atom stereocenters. The zero-order valence-corrected chi connectivity index (χ0v) is 16.1. The summed E-state index contributed by atoms with van der Waals surface area (Å²) < 4.78 is 11.3. The molecule has 1 aromatic carbocycles. The van der Waals surface area contributed by atoms with Gasteiger partial charge in [-0.3, -0.25) is 4.79 Å². The molecule has 0 spiro atoms. The van der Waals surface area contributed by atoms with Crippen molar-refractivity contribution in [1.82, 2.24) is 10.6 Å². The van der Waals surface area contributed by atoms with E-state index in [1.54, 1.807) is 7.11 Å². The van der Waals surface area contributed by atoms with Crippen LogP contribution in [0.15, 0.2) is 18.2 Å². The van der Waals surface area contributed by atoms with Crippen LogP contribution in [0.2, 0.25) is 0 Å². The van der Waals surface area contributed by atoms with Gasteiger partial charge in [-0.2, -0.15) is 0 Å². The van der Waals surface area contributed by atoms with E-state index in [0.29, 0.717) is 24.3 Å². The van der Waals surface area contributed by atoms with Crippen LogP contribution in [-0.4, -0.2) is 32.2 Å². The van der Waals surface area contributed by atoms with Crippen LogP contribution in [-0.2, 0) is 4.79 Å². The van der Waals surface area contributed by atoms with E-state index in [1.807, 2.05) is 25.1 Å². The van der Waals surface area contributed by atoms with Gasteiger partial charge in [0.25, 0.3) is 0 Å². The maximum atomic E-state index is 12.5. The van der Waals surface area contributed by atoms with Crippen molar-refractivity contribution >= 4 is 5.91 Å². The molecule has 1 amide bonds. The van der Waals surface area contributed by atoms with Gasteiger partial charge in [0.1, 0.15) is 0 Å². The van der Waals surface area contributed by atoms with Crippen molar-refractivity contribution in [3.8, 4) is 11.5 Å². The van der Waals surface area contributed by atoms with E-state index in [1.165, 1.54) is 0 Å². The molecule has 5 nitrogen and oxygen atoms in total. The number of hydrogen-bond acceptors (Lipinski definition) is 4. The Morgan fingerprint density at radius 3 is 2.72 bits per heavy atom. The van der Waals surface area contributed by atoms with E-state index in [0.717, 1.165) is 30.7 Å². The molecular weight excluding hydrogens is 316 g/mol. The number of nitrogens with one attached hydrogen (secondary N) is 2. The zero-order valence-electron chi connectivity index (χ0n) is 16.1. The lowest BCUT2D eigenvalue weighted by Gasteiger charge is -2.28. The van der Waals surface area contributed by atoms with E-state index >= 15 is 0 Å².